The van der Waals surface area contributed by atoms with Crippen molar-refractivity contribution in [2.45, 2.75) is 18.6 Å². The molecule has 0 bridgehead atoms. The maximum Gasteiger partial charge on any atom is 0.321 e. The van der Waals surface area contributed by atoms with Crippen LogP contribution < -0.4 is 10.1 Å². The lowest BCUT2D eigenvalue weighted by Crippen LogP contribution is -2.38. The topological polar surface area (TPSA) is 145 Å². The number of hydrogen-bond acceptors (Lipinski definition) is 5. The average molecular weight is 430 g/mol. The van der Waals surface area contributed by atoms with Crippen LogP contribution in [0.25, 0.3) is 10.4 Å². The summed E-state index contributed by atoms with van der Waals surface area (Å²) in [4.78, 5) is 25.0. The summed E-state index contributed by atoms with van der Waals surface area (Å²) in [6, 6.07) is 3.94. The highest BCUT2D eigenvalue weighted by molar-refractivity contribution is 14.1. The smallest absolute Gasteiger partial charge is 0.321 e. The molecule has 1 aliphatic rings. The van der Waals surface area contributed by atoms with Gasteiger partial charge in [0.25, 0.3) is 0 Å². The standard InChI is InChI=1S/C13H13IN4O5/c14-11-7(17-18-15)2-1-3-8(11)23-9-5-16-12(13(21)22)6(9)4-10(19)20/h1-3,6,9,12,16H,4-5H2,(H,19,20)(H,21,22)/t6-,9-,12-/m0/s1/i14-2. The molecule has 1 fully saturated rings. The van der Waals surface area contributed by atoms with Gasteiger partial charge in [0.2, 0.25) is 0 Å². The normalized spacial score (nSPS) is 23.1. The molecular formula is C13H13IN4O5. The predicted molar refractivity (Wildman–Crippen MR) is 87.6 cm³/mol. The van der Waals surface area contributed by atoms with Crippen molar-refractivity contribution in [3.63, 3.8) is 0 Å². The van der Waals surface area contributed by atoms with Crippen LogP contribution in [0.1, 0.15) is 6.42 Å². The van der Waals surface area contributed by atoms with Gasteiger partial charge < -0.3 is 20.3 Å². The lowest BCUT2D eigenvalue weighted by molar-refractivity contribution is -0.142. The van der Waals surface area contributed by atoms with E-state index in [2.05, 4.69) is 15.3 Å². The van der Waals surface area contributed by atoms with E-state index in [1.807, 2.05) is 22.6 Å². The van der Waals surface area contributed by atoms with Gasteiger partial charge >= 0.3 is 11.9 Å². The molecule has 10 heteroatoms. The van der Waals surface area contributed by atoms with Crippen molar-refractivity contribution in [3.05, 3.63) is 32.2 Å². The fraction of sp³-hybridized carbons (Fsp3) is 0.385. The second-order valence-corrected chi connectivity index (χ2v) is 6.00. The van der Waals surface area contributed by atoms with Gasteiger partial charge in [-0.3, -0.25) is 9.59 Å². The molecule has 3 N–H and O–H groups in total. The molecular weight excluding hydrogens is 417 g/mol. The van der Waals surface area contributed by atoms with E-state index in [1.54, 1.807) is 18.2 Å². The van der Waals surface area contributed by atoms with Crippen LogP contribution in [0.3, 0.4) is 0 Å². The summed E-state index contributed by atoms with van der Waals surface area (Å²) in [7, 11) is 0. The van der Waals surface area contributed by atoms with Gasteiger partial charge in [0, 0.05) is 17.4 Å². The molecule has 0 amide bonds. The van der Waals surface area contributed by atoms with Crippen molar-refractivity contribution < 1.29 is 24.5 Å². The number of aliphatic carboxylic acids is 2. The summed E-state index contributed by atoms with van der Waals surface area (Å²) in [5.41, 5.74) is 8.92. The zero-order valence-electron chi connectivity index (χ0n) is 11.7. The Kier molecular flexibility index (Phi) is 5.64. The molecule has 2 rings (SSSR count). The first kappa shape index (κ1) is 17.3. The van der Waals surface area contributed by atoms with E-state index in [1.165, 1.54) is 0 Å². The zero-order valence-corrected chi connectivity index (χ0v) is 13.9. The summed E-state index contributed by atoms with van der Waals surface area (Å²) < 4.78 is 6.39. The van der Waals surface area contributed by atoms with E-state index < -0.39 is 30.0 Å². The minimum Gasteiger partial charge on any atom is -0.488 e. The molecule has 1 aliphatic heterocycles. The lowest BCUT2D eigenvalue weighted by Gasteiger charge is -2.22. The van der Waals surface area contributed by atoms with E-state index in [0.29, 0.717) is 15.0 Å². The lowest BCUT2D eigenvalue weighted by atomic mass is 9.94. The number of carbonyl (C=O) groups is 2. The maximum absolute atomic E-state index is 11.2. The number of azide groups is 1. The third-order valence-corrected chi connectivity index (χ3v) is 4.58. The van der Waals surface area contributed by atoms with E-state index in [-0.39, 0.29) is 13.0 Å². The van der Waals surface area contributed by atoms with Gasteiger partial charge in [0.05, 0.1) is 15.7 Å². The van der Waals surface area contributed by atoms with Crippen LogP contribution in [-0.4, -0.2) is 40.8 Å². The third-order valence-electron chi connectivity index (χ3n) is 3.49. The van der Waals surface area contributed by atoms with E-state index in [9.17, 15) is 14.7 Å². The monoisotopic (exact) mass is 430 g/mol. The number of carboxylic acid groups (broad SMARTS) is 2. The van der Waals surface area contributed by atoms with Crippen LogP contribution in [0.4, 0.5) is 5.69 Å². The largest absolute Gasteiger partial charge is 0.488 e. The Morgan fingerprint density at radius 2 is 2.22 bits per heavy atom. The highest BCUT2D eigenvalue weighted by Gasteiger charge is 2.43. The van der Waals surface area contributed by atoms with Crippen LogP contribution in [0.15, 0.2) is 23.3 Å². The van der Waals surface area contributed by atoms with E-state index in [0.717, 1.165) is 0 Å². The number of nitrogens with zero attached hydrogens (tertiary/aromatic N) is 3. The molecule has 0 aromatic heterocycles. The molecule has 3 atom stereocenters. The molecule has 122 valence electrons. The number of hydrogen-bond donors (Lipinski definition) is 3. The van der Waals surface area contributed by atoms with Crippen molar-refractivity contribution >= 4 is 40.2 Å². The average Bonchev–Trinajstić information content (AvgIpc) is 2.86. The number of nitrogens with one attached hydrogen (secondary N) is 1. The molecule has 0 aliphatic carbocycles. The van der Waals surface area contributed by atoms with Gasteiger partial charge in [-0.15, -0.1) is 0 Å². The fourth-order valence-electron chi connectivity index (χ4n) is 2.49. The van der Waals surface area contributed by atoms with Gasteiger partial charge in [0.15, 0.2) is 0 Å². The molecule has 23 heavy (non-hydrogen) atoms. The van der Waals surface area contributed by atoms with Crippen LogP contribution in [0.2, 0.25) is 0 Å². The Balaban J connectivity index is 2.24. The van der Waals surface area contributed by atoms with Gasteiger partial charge in [-0.05, 0) is 34.2 Å². The summed E-state index contributed by atoms with van der Waals surface area (Å²) in [5, 5.41) is 24.5. The van der Waals surface area contributed by atoms with Gasteiger partial charge in [-0.25, -0.2) is 0 Å². The molecule has 9 nitrogen and oxygen atoms in total. The van der Waals surface area contributed by atoms with Gasteiger partial charge in [0.1, 0.15) is 17.9 Å². The third kappa shape index (κ3) is 4.03. The van der Waals surface area contributed by atoms with Crippen LogP contribution >= 0.6 is 22.6 Å². The first-order valence-electron chi connectivity index (χ1n) is 6.62. The SMILES string of the molecule is [N-]=[N+]=Nc1cccc(O[C@H]2CN[C@H](C(=O)O)[C@H]2CC(=O)O)c1[125I]. The number of carboxylic acids is 2. The second kappa shape index (κ2) is 7.49. The molecule has 1 aromatic rings. The number of halogens is 1. The molecule has 0 spiro atoms. The van der Waals surface area contributed by atoms with Crippen molar-refractivity contribution in [3.8, 4) is 5.75 Å². The van der Waals surface area contributed by atoms with Crippen LogP contribution in [-0.2, 0) is 9.59 Å². The number of rotatable bonds is 6. The summed E-state index contributed by atoms with van der Waals surface area (Å²) >= 11 is 1.96. The van der Waals surface area contributed by atoms with Crippen molar-refractivity contribution in [2.24, 2.45) is 11.0 Å². The van der Waals surface area contributed by atoms with Crippen molar-refractivity contribution in [1.82, 2.24) is 5.32 Å². The first-order valence-corrected chi connectivity index (χ1v) is 7.70. The van der Waals surface area contributed by atoms with Crippen LogP contribution in [0.5, 0.6) is 5.75 Å². The number of benzene rings is 1. The minimum atomic E-state index is -1.11. The Labute approximate surface area is 144 Å². The van der Waals surface area contributed by atoms with Crippen molar-refractivity contribution in [2.75, 3.05) is 6.54 Å². The molecule has 0 saturated carbocycles. The Morgan fingerprint density at radius 3 is 2.83 bits per heavy atom. The summed E-state index contributed by atoms with van der Waals surface area (Å²) in [6.07, 6.45) is -0.927. The molecule has 1 heterocycles. The first-order chi connectivity index (χ1) is 10.9. The Hall–Kier alpha value is -2.04. The van der Waals surface area contributed by atoms with Crippen LogP contribution in [0, 0.1) is 9.49 Å². The second-order valence-electron chi connectivity index (χ2n) is 4.92. The van der Waals surface area contributed by atoms with E-state index in [4.69, 9.17) is 15.4 Å². The van der Waals surface area contributed by atoms with Gasteiger partial charge in [-0.1, -0.05) is 17.2 Å². The molecule has 1 saturated heterocycles. The minimum absolute atomic E-state index is 0.219. The highest BCUT2D eigenvalue weighted by Crippen LogP contribution is 2.33. The fourth-order valence-corrected chi connectivity index (χ4v) is 3.08. The maximum atomic E-state index is 11.2. The van der Waals surface area contributed by atoms with Crippen molar-refractivity contribution in [1.29, 1.82) is 0 Å². The highest BCUT2D eigenvalue weighted by atomic mass is 125. The zero-order chi connectivity index (χ0) is 17.0. The van der Waals surface area contributed by atoms with Gasteiger partial charge in [-0.2, -0.15) is 0 Å². The van der Waals surface area contributed by atoms with E-state index >= 15 is 0 Å². The Bertz CT molecular complexity index is 676. The summed E-state index contributed by atoms with van der Waals surface area (Å²) in [5.74, 6) is -2.48. The molecule has 0 unspecified atom stereocenters. The predicted octanol–water partition coefficient (Wildman–Crippen LogP) is 2.13. The molecule has 0 radical (unpaired) electrons. The summed E-state index contributed by atoms with van der Waals surface area (Å²) in [6.45, 7) is 0.219. The Morgan fingerprint density at radius 1 is 1.48 bits per heavy atom. The number of ether oxygens (including phenoxy) is 1. The quantitative estimate of drug-likeness (QED) is 0.273. The molecule has 1 aromatic carbocycles.